The van der Waals surface area contributed by atoms with Gasteiger partial charge in [0.2, 0.25) is 5.91 Å². The van der Waals surface area contributed by atoms with Crippen LogP contribution in [0.5, 0.6) is 0 Å². The van der Waals surface area contributed by atoms with Crippen molar-refractivity contribution in [2.75, 3.05) is 0 Å². The van der Waals surface area contributed by atoms with Crippen LogP contribution in [-0.2, 0) is 4.79 Å². The summed E-state index contributed by atoms with van der Waals surface area (Å²) < 4.78 is 62.2. The van der Waals surface area contributed by atoms with Gasteiger partial charge in [-0.1, -0.05) is 18.2 Å². The van der Waals surface area contributed by atoms with Crippen molar-refractivity contribution in [1.29, 1.82) is 0 Å². The van der Waals surface area contributed by atoms with Gasteiger partial charge in [-0.25, -0.2) is 8.78 Å². The minimum Gasteiger partial charge on any atom is -0.345 e. The van der Waals surface area contributed by atoms with Crippen LogP contribution in [0.3, 0.4) is 0 Å². The van der Waals surface area contributed by atoms with Gasteiger partial charge in [0.05, 0.1) is 6.04 Å². The maximum Gasteiger partial charge on any atom is 0.397 e. The third-order valence-electron chi connectivity index (χ3n) is 2.44. The molecule has 1 aromatic carbocycles. The first kappa shape index (κ1) is 16.1. The maximum absolute atomic E-state index is 13.1. The van der Waals surface area contributed by atoms with Gasteiger partial charge in [-0.3, -0.25) is 4.79 Å². The minimum atomic E-state index is -4.64. The SMILES string of the molecule is C=C(C)[C@@H](NC(=O)CC(F)(F)F)c1ccc(F)c(F)c1. The van der Waals surface area contributed by atoms with E-state index in [2.05, 4.69) is 11.9 Å². The van der Waals surface area contributed by atoms with E-state index in [9.17, 15) is 26.7 Å². The van der Waals surface area contributed by atoms with Crippen molar-refractivity contribution in [2.45, 2.75) is 25.6 Å². The van der Waals surface area contributed by atoms with Gasteiger partial charge in [-0.05, 0) is 24.6 Å². The Morgan fingerprint density at radius 3 is 2.35 bits per heavy atom. The number of hydrogen-bond donors (Lipinski definition) is 1. The molecule has 7 heteroatoms. The number of amides is 1. The van der Waals surface area contributed by atoms with E-state index in [0.29, 0.717) is 5.57 Å². The van der Waals surface area contributed by atoms with E-state index >= 15 is 0 Å². The van der Waals surface area contributed by atoms with Crippen LogP contribution in [0.15, 0.2) is 30.4 Å². The predicted molar refractivity (Wildman–Crippen MR) is 62.7 cm³/mol. The highest BCUT2D eigenvalue weighted by Crippen LogP contribution is 2.24. The van der Waals surface area contributed by atoms with E-state index in [0.717, 1.165) is 12.1 Å². The molecular formula is C13H12F5NO. The highest BCUT2D eigenvalue weighted by Gasteiger charge is 2.32. The summed E-state index contributed by atoms with van der Waals surface area (Å²) in [6.45, 7) is 4.98. The molecular weight excluding hydrogens is 281 g/mol. The Morgan fingerprint density at radius 2 is 1.90 bits per heavy atom. The average molecular weight is 293 g/mol. The first-order valence-corrected chi connectivity index (χ1v) is 5.56. The topological polar surface area (TPSA) is 29.1 Å². The van der Waals surface area contributed by atoms with E-state index in [1.165, 1.54) is 13.0 Å². The molecule has 2 nitrogen and oxygen atoms in total. The summed E-state index contributed by atoms with van der Waals surface area (Å²) in [4.78, 5) is 11.3. The summed E-state index contributed by atoms with van der Waals surface area (Å²) in [5.41, 5.74) is 0.415. The summed E-state index contributed by atoms with van der Waals surface area (Å²) in [5, 5.41) is 2.09. The summed E-state index contributed by atoms with van der Waals surface area (Å²) in [6, 6.07) is 1.80. The Morgan fingerprint density at radius 1 is 1.30 bits per heavy atom. The molecule has 1 amide bonds. The molecule has 0 bridgehead atoms. The van der Waals surface area contributed by atoms with E-state index in [1.807, 2.05) is 0 Å². The lowest BCUT2D eigenvalue weighted by molar-refractivity contribution is -0.154. The van der Waals surface area contributed by atoms with Crippen molar-refractivity contribution >= 4 is 5.91 Å². The molecule has 0 aliphatic carbocycles. The van der Waals surface area contributed by atoms with Gasteiger partial charge < -0.3 is 5.32 Å². The number of rotatable bonds is 4. The second-order valence-corrected chi connectivity index (χ2v) is 4.31. The second kappa shape index (κ2) is 6.02. The number of nitrogens with one attached hydrogen (secondary N) is 1. The van der Waals surface area contributed by atoms with Crippen LogP contribution >= 0.6 is 0 Å². The second-order valence-electron chi connectivity index (χ2n) is 4.31. The fourth-order valence-corrected chi connectivity index (χ4v) is 1.58. The van der Waals surface area contributed by atoms with Gasteiger partial charge in [-0.15, -0.1) is 0 Å². The third kappa shape index (κ3) is 4.64. The summed E-state index contributed by atoms with van der Waals surface area (Å²) in [5.74, 6) is -3.51. The molecule has 0 aliphatic heterocycles. The van der Waals surface area contributed by atoms with Crippen molar-refractivity contribution in [1.82, 2.24) is 5.32 Å². The minimum absolute atomic E-state index is 0.118. The highest BCUT2D eigenvalue weighted by molar-refractivity contribution is 5.77. The van der Waals surface area contributed by atoms with Crippen LogP contribution in [0.25, 0.3) is 0 Å². The molecule has 0 saturated carbocycles. The standard InChI is InChI=1S/C13H12F5NO/c1-7(2)12(19-11(20)6-13(16,17)18)8-3-4-9(14)10(15)5-8/h3-5,12H,1,6H2,2H3,(H,19,20)/t12-/m1/s1. The molecule has 1 rings (SSSR count). The van der Waals surface area contributed by atoms with E-state index < -0.39 is 36.2 Å². The number of hydrogen-bond acceptors (Lipinski definition) is 1. The average Bonchev–Trinajstić information content (AvgIpc) is 2.27. The van der Waals surface area contributed by atoms with Crippen molar-refractivity contribution in [3.8, 4) is 0 Å². The lowest BCUT2D eigenvalue weighted by Crippen LogP contribution is -2.32. The molecule has 20 heavy (non-hydrogen) atoms. The van der Waals surface area contributed by atoms with Crippen LogP contribution in [0.4, 0.5) is 22.0 Å². The molecule has 0 heterocycles. The van der Waals surface area contributed by atoms with Crippen LogP contribution in [0.2, 0.25) is 0 Å². The molecule has 1 N–H and O–H groups in total. The Kier molecular flexibility index (Phi) is 4.86. The Hall–Kier alpha value is -1.92. The molecule has 0 aromatic heterocycles. The molecule has 0 aliphatic rings. The summed E-state index contributed by atoms with van der Waals surface area (Å²) in [6.07, 6.45) is -6.29. The normalized spacial score (nSPS) is 12.9. The van der Waals surface area contributed by atoms with Crippen LogP contribution < -0.4 is 5.32 Å². The largest absolute Gasteiger partial charge is 0.397 e. The fraction of sp³-hybridized carbons (Fsp3) is 0.308. The first-order valence-electron chi connectivity index (χ1n) is 5.56. The third-order valence-corrected chi connectivity index (χ3v) is 2.44. The lowest BCUT2D eigenvalue weighted by atomic mass is 10.0. The quantitative estimate of drug-likeness (QED) is 0.666. The highest BCUT2D eigenvalue weighted by atomic mass is 19.4. The van der Waals surface area contributed by atoms with E-state index in [4.69, 9.17) is 0 Å². The van der Waals surface area contributed by atoms with Gasteiger partial charge in [0.1, 0.15) is 6.42 Å². The maximum atomic E-state index is 13.1. The Bertz CT molecular complexity index is 524. The molecule has 0 fully saturated rings. The molecule has 0 saturated heterocycles. The zero-order valence-electron chi connectivity index (χ0n) is 10.5. The lowest BCUT2D eigenvalue weighted by Gasteiger charge is -2.20. The molecule has 0 radical (unpaired) electrons. The van der Waals surface area contributed by atoms with Crippen LogP contribution in [0, 0.1) is 11.6 Å². The molecule has 1 aromatic rings. The van der Waals surface area contributed by atoms with Gasteiger partial charge >= 0.3 is 6.18 Å². The van der Waals surface area contributed by atoms with Gasteiger partial charge in [0.25, 0.3) is 0 Å². The number of alkyl halides is 3. The van der Waals surface area contributed by atoms with E-state index in [-0.39, 0.29) is 5.56 Å². The molecule has 110 valence electrons. The smallest absolute Gasteiger partial charge is 0.345 e. The van der Waals surface area contributed by atoms with Gasteiger partial charge in [0.15, 0.2) is 11.6 Å². The van der Waals surface area contributed by atoms with Crippen LogP contribution in [0.1, 0.15) is 24.9 Å². The number of carbonyl (C=O) groups is 1. The fourth-order valence-electron chi connectivity index (χ4n) is 1.58. The first-order chi connectivity index (χ1) is 9.10. The molecule has 1 atom stereocenters. The Balaban J connectivity index is 2.92. The number of carbonyl (C=O) groups excluding carboxylic acids is 1. The monoisotopic (exact) mass is 293 g/mol. The van der Waals surface area contributed by atoms with Crippen molar-refractivity contribution in [3.63, 3.8) is 0 Å². The van der Waals surface area contributed by atoms with Crippen molar-refractivity contribution in [2.24, 2.45) is 0 Å². The predicted octanol–water partition coefficient (Wildman–Crippen LogP) is 3.65. The zero-order chi connectivity index (χ0) is 15.5. The van der Waals surface area contributed by atoms with Crippen molar-refractivity contribution in [3.05, 3.63) is 47.5 Å². The van der Waals surface area contributed by atoms with Gasteiger partial charge in [-0.2, -0.15) is 13.2 Å². The summed E-state index contributed by atoms with van der Waals surface area (Å²) in [7, 11) is 0. The Labute approximate surface area is 112 Å². The number of benzene rings is 1. The van der Waals surface area contributed by atoms with Crippen LogP contribution in [-0.4, -0.2) is 12.1 Å². The summed E-state index contributed by atoms with van der Waals surface area (Å²) >= 11 is 0. The molecule has 0 unspecified atom stereocenters. The van der Waals surface area contributed by atoms with Crippen molar-refractivity contribution < 1.29 is 26.7 Å². The van der Waals surface area contributed by atoms with E-state index in [1.54, 1.807) is 0 Å². The zero-order valence-corrected chi connectivity index (χ0v) is 10.5. The number of halogens is 5. The van der Waals surface area contributed by atoms with Gasteiger partial charge in [0, 0.05) is 0 Å². The molecule has 0 spiro atoms.